The van der Waals surface area contributed by atoms with Crippen LogP contribution in [0.1, 0.15) is 0 Å². The Morgan fingerprint density at radius 1 is 0.833 bits per heavy atom. The van der Waals surface area contributed by atoms with E-state index in [1.165, 1.54) is 31.2 Å². The van der Waals surface area contributed by atoms with Gasteiger partial charge in [-0.05, 0) is 35.0 Å². The van der Waals surface area contributed by atoms with Gasteiger partial charge in [0.25, 0.3) is 0 Å². The molecular formula is C14H9NS3. The second-order valence-electron chi connectivity index (χ2n) is 4.03. The summed E-state index contributed by atoms with van der Waals surface area (Å²) in [7, 11) is 0. The summed E-state index contributed by atoms with van der Waals surface area (Å²) < 4.78 is 2.77. The molecule has 4 aromatic heterocycles. The number of thiophene rings is 3. The zero-order valence-electron chi connectivity index (χ0n) is 9.34. The average molecular weight is 287 g/mol. The van der Waals surface area contributed by atoms with Gasteiger partial charge in [-0.15, -0.1) is 34.0 Å². The summed E-state index contributed by atoms with van der Waals surface area (Å²) in [5, 5.41) is 6.51. The van der Waals surface area contributed by atoms with Crippen molar-refractivity contribution in [2.45, 2.75) is 0 Å². The first-order valence-electron chi connectivity index (χ1n) is 5.60. The molecule has 0 aliphatic carbocycles. The number of aromatic nitrogens is 1. The van der Waals surface area contributed by atoms with Crippen LogP contribution in [0, 0.1) is 0 Å². The molecule has 4 rings (SSSR count). The number of aromatic amines is 1. The van der Waals surface area contributed by atoms with E-state index in [0.29, 0.717) is 0 Å². The predicted molar refractivity (Wildman–Crippen MR) is 82.8 cm³/mol. The molecule has 0 saturated heterocycles. The molecule has 0 aliphatic rings. The number of fused-ring (bicyclic) bond motifs is 1. The standard InChI is InChI=1S/C14H9NS3/c1-2-12(16-6-1)11-4-3-10(15-11)9-8-18-13-5-7-17-14(9)13/h1-8,15H. The molecule has 0 aromatic carbocycles. The first-order chi connectivity index (χ1) is 8.92. The number of hydrogen-bond acceptors (Lipinski definition) is 3. The van der Waals surface area contributed by atoms with Gasteiger partial charge in [0.15, 0.2) is 0 Å². The van der Waals surface area contributed by atoms with Crippen LogP contribution in [-0.2, 0) is 0 Å². The van der Waals surface area contributed by atoms with Gasteiger partial charge in [-0.2, -0.15) is 0 Å². The Kier molecular flexibility index (Phi) is 2.40. The molecule has 0 saturated carbocycles. The van der Waals surface area contributed by atoms with Crippen LogP contribution in [0.3, 0.4) is 0 Å². The summed E-state index contributed by atoms with van der Waals surface area (Å²) >= 11 is 5.40. The molecule has 1 nitrogen and oxygen atoms in total. The normalized spacial score (nSPS) is 11.3. The molecule has 18 heavy (non-hydrogen) atoms. The van der Waals surface area contributed by atoms with Gasteiger partial charge < -0.3 is 4.98 Å². The van der Waals surface area contributed by atoms with Gasteiger partial charge in [0.1, 0.15) is 0 Å². The number of rotatable bonds is 2. The molecule has 0 atom stereocenters. The highest BCUT2D eigenvalue weighted by atomic mass is 32.1. The third-order valence-corrected chi connectivity index (χ3v) is 5.87. The minimum absolute atomic E-state index is 1.20. The SMILES string of the molecule is c1csc(-c2ccc(-c3csc4ccsc34)[nH]2)c1. The van der Waals surface area contributed by atoms with Gasteiger partial charge in [0.2, 0.25) is 0 Å². The van der Waals surface area contributed by atoms with E-state index >= 15 is 0 Å². The molecule has 0 amide bonds. The fourth-order valence-electron chi connectivity index (χ4n) is 2.08. The van der Waals surface area contributed by atoms with E-state index in [1.54, 1.807) is 11.3 Å². The quantitative estimate of drug-likeness (QED) is 0.487. The lowest BCUT2D eigenvalue weighted by Gasteiger charge is -1.94. The van der Waals surface area contributed by atoms with Crippen molar-refractivity contribution in [3.8, 4) is 21.8 Å². The van der Waals surface area contributed by atoms with E-state index < -0.39 is 0 Å². The Labute approximate surface area is 116 Å². The van der Waals surface area contributed by atoms with Crippen molar-refractivity contribution >= 4 is 43.4 Å². The van der Waals surface area contributed by atoms with Crippen molar-refractivity contribution in [1.29, 1.82) is 0 Å². The minimum Gasteiger partial charge on any atom is -0.354 e. The Balaban J connectivity index is 1.84. The average Bonchev–Trinajstić information content (AvgIpc) is 3.13. The molecule has 0 fully saturated rings. The summed E-state index contributed by atoms with van der Waals surface area (Å²) in [6, 6.07) is 10.8. The van der Waals surface area contributed by atoms with Gasteiger partial charge in [0, 0.05) is 21.3 Å². The third kappa shape index (κ3) is 1.57. The number of hydrogen-bond donors (Lipinski definition) is 1. The molecular weight excluding hydrogens is 278 g/mol. The second kappa shape index (κ2) is 4.09. The molecule has 0 spiro atoms. The number of nitrogens with one attached hydrogen (secondary N) is 1. The maximum atomic E-state index is 3.52. The van der Waals surface area contributed by atoms with Gasteiger partial charge >= 0.3 is 0 Å². The summed E-state index contributed by atoms with van der Waals surface area (Å²) in [5.74, 6) is 0. The summed E-state index contributed by atoms with van der Waals surface area (Å²) in [5.41, 5.74) is 3.75. The molecule has 88 valence electrons. The lowest BCUT2D eigenvalue weighted by atomic mass is 10.2. The fourth-order valence-corrected chi connectivity index (χ4v) is 4.91. The van der Waals surface area contributed by atoms with Crippen LogP contribution in [0.2, 0.25) is 0 Å². The maximum Gasteiger partial charge on any atom is 0.0560 e. The molecule has 4 aromatic rings. The van der Waals surface area contributed by atoms with E-state index in [1.807, 2.05) is 22.7 Å². The predicted octanol–water partition coefficient (Wildman–Crippen LogP) is 5.69. The zero-order valence-corrected chi connectivity index (χ0v) is 11.8. The van der Waals surface area contributed by atoms with Crippen molar-refractivity contribution in [3.63, 3.8) is 0 Å². The fraction of sp³-hybridized carbons (Fsp3) is 0. The summed E-state index contributed by atoms with van der Waals surface area (Å²) in [6.45, 7) is 0. The van der Waals surface area contributed by atoms with Gasteiger partial charge in [-0.1, -0.05) is 6.07 Å². The van der Waals surface area contributed by atoms with Gasteiger partial charge in [0.05, 0.1) is 15.3 Å². The summed E-state index contributed by atoms with van der Waals surface area (Å²) in [4.78, 5) is 4.81. The molecule has 4 heterocycles. The number of H-pyrrole nitrogens is 1. The second-order valence-corrected chi connectivity index (χ2v) is 6.80. The lowest BCUT2D eigenvalue weighted by Crippen LogP contribution is -1.74. The van der Waals surface area contributed by atoms with Crippen LogP contribution in [0.4, 0.5) is 0 Å². The molecule has 0 radical (unpaired) electrons. The van der Waals surface area contributed by atoms with Crippen LogP contribution in [0.25, 0.3) is 31.2 Å². The van der Waals surface area contributed by atoms with E-state index in [4.69, 9.17) is 0 Å². The first-order valence-corrected chi connectivity index (χ1v) is 8.24. The minimum atomic E-state index is 1.20. The van der Waals surface area contributed by atoms with Crippen molar-refractivity contribution in [2.75, 3.05) is 0 Å². The van der Waals surface area contributed by atoms with Crippen LogP contribution >= 0.6 is 34.0 Å². The highest BCUT2D eigenvalue weighted by Crippen LogP contribution is 2.38. The van der Waals surface area contributed by atoms with Gasteiger partial charge in [-0.3, -0.25) is 0 Å². The Morgan fingerprint density at radius 3 is 2.67 bits per heavy atom. The van der Waals surface area contributed by atoms with E-state index in [-0.39, 0.29) is 0 Å². The van der Waals surface area contributed by atoms with Crippen molar-refractivity contribution in [3.05, 3.63) is 46.5 Å². The van der Waals surface area contributed by atoms with Crippen LogP contribution < -0.4 is 0 Å². The third-order valence-electron chi connectivity index (χ3n) is 2.94. The monoisotopic (exact) mass is 287 g/mol. The van der Waals surface area contributed by atoms with Crippen LogP contribution in [0.5, 0.6) is 0 Å². The summed E-state index contributed by atoms with van der Waals surface area (Å²) in [6.07, 6.45) is 0. The lowest BCUT2D eigenvalue weighted by molar-refractivity contribution is 1.42. The Hall–Kier alpha value is -1.36. The van der Waals surface area contributed by atoms with E-state index in [9.17, 15) is 0 Å². The van der Waals surface area contributed by atoms with E-state index in [0.717, 1.165) is 0 Å². The molecule has 1 N–H and O–H groups in total. The first kappa shape index (κ1) is 10.6. The largest absolute Gasteiger partial charge is 0.354 e. The molecule has 0 aliphatic heterocycles. The van der Waals surface area contributed by atoms with Crippen LogP contribution in [0.15, 0.2) is 46.5 Å². The highest BCUT2D eigenvalue weighted by Gasteiger charge is 2.10. The Morgan fingerprint density at radius 2 is 1.78 bits per heavy atom. The molecule has 0 unspecified atom stereocenters. The Bertz CT molecular complexity index is 786. The smallest absolute Gasteiger partial charge is 0.0560 e. The molecule has 0 bridgehead atoms. The highest BCUT2D eigenvalue weighted by molar-refractivity contribution is 7.26. The topological polar surface area (TPSA) is 15.8 Å². The molecule has 4 heteroatoms. The van der Waals surface area contributed by atoms with Crippen molar-refractivity contribution < 1.29 is 0 Å². The van der Waals surface area contributed by atoms with Gasteiger partial charge in [-0.25, -0.2) is 0 Å². The van der Waals surface area contributed by atoms with Crippen LogP contribution in [-0.4, -0.2) is 4.98 Å². The van der Waals surface area contributed by atoms with E-state index in [2.05, 4.69) is 51.5 Å². The maximum absolute atomic E-state index is 3.52. The zero-order chi connectivity index (χ0) is 11.9. The van der Waals surface area contributed by atoms with Crippen molar-refractivity contribution in [2.24, 2.45) is 0 Å². The van der Waals surface area contributed by atoms with Crippen molar-refractivity contribution in [1.82, 2.24) is 4.98 Å².